The number of Topliss-reactive ketones (excluding diaryl/α,β-unsaturated/α-hetero) is 1. The van der Waals surface area contributed by atoms with Gasteiger partial charge in [-0.05, 0) is 49.6 Å². The molecule has 2 aliphatic rings. The maximum absolute atomic E-state index is 14.8. The van der Waals surface area contributed by atoms with Crippen molar-refractivity contribution in [1.82, 2.24) is 15.5 Å². The largest absolute Gasteiger partial charge is 0.497 e. The molecule has 2 heterocycles. The number of ether oxygens (including phenoxy) is 3. The van der Waals surface area contributed by atoms with Gasteiger partial charge in [0.1, 0.15) is 23.2 Å². The second kappa shape index (κ2) is 14.5. The van der Waals surface area contributed by atoms with Gasteiger partial charge in [0.25, 0.3) is 0 Å². The van der Waals surface area contributed by atoms with Gasteiger partial charge in [-0.1, -0.05) is 42.5 Å². The lowest BCUT2D eigenvalue weighted by Gasteiger charge is -2.26. The van der Waals surface area contributed by atoms with Gasteiger partial charge in [-0.2, -0.15) is 0 Å². The molecule has 4 rings (SSSR count). The van der Waals surface area contributed by atoms with E-state index in [-0.39, 0.29) is 25.2 Å². The molecule has 4 unspecified atom stereocenters. The highest BCUT2D eigenvalue weighted by Gasteiger charge is 2.50. The fourth-order valence-corrected chi connectivity index (χ4v) is 4.83. The molecule has 0 aromatic heterocycles. The number of epoxide rings is 1. The Kier molecular flexibility index (Phi) is 10.8. The maximum atomic E-state index is 14.8. The zero-order valence-corrected chi connectivity index (χ0v) is 24.4. The van der Waals surface area contributed by atoms with Gasteiger partial charge in [-0.3, -0.25) is 19.3 Å². The zero-order chi connectivity index (χ0) is 30.1. The Morgan fingerprint density at radius 3 is 2.19 bits per heavy atom. The minimum Gasteiger partial charge on any atom is -0.497 e. The molecule has 0 aliphatic carbocycles. The van der Waals surface area contributed by atoms with Gasteiger partial charge in [-0.15, -0.1) is 0 Å². The van der Waals surface area contributed by atoms with Crippen molar-refractivity contribution in [2.45, 2.75) is 44.4 Å². The number of nitrogens with one attached hydrogen (secondary N) is 2. The fourth-order valence-electron chi connectivity index (χ4n) is 4.83. The monoisotopic (exact) mass is 581 g/mol. The van der Waals surface area contributed by atoms with Crippen LogP contribution in [0.25, 0.3) is 0 Å². The predicted molar refractivity (Wildman–Crippen MR) is 156 cm³/mol. The van der Waals surface area contributed by atoms with Crippen LogP contribution in [0.15, 0.2) is 66.5 Å². The first kappa shape index (κ1) is 31.3. The molecule has 2 fully saturated rings. The Labute approximate surface area is 246 Å². The third kappa shape index (κ3) is 8.95. The third-order valence-corrected chi connectivity index (χ3v) is 7.57. The van der Waals surface area contributed by atoms with E-state index in [0.29, 0.717) is 38.7 Å². The van der Waals surface area contributed by atoms with Crippen molar-refractivity contribution < 1.29 is 33.0 Å². The van der Waals surface area contributed by atoms with Gasteiger partial charge >= 0.3 is 0 Å². The molecular weight excluding hydrogens is 541 g/mol. The molecule has 2 aromatic rings. The minimum atomic E-state index is -1.01. The number of benzene rings is 2. The first-order chi connectivity index (χ1) is 20.2. The van der Waals surface area contributed by atoms with E-state index in [9.17, 15) is 18.8 Å². The normalized spacial score (nSPS) is 21.1. The van der Waals surface area contributed by atoms with Crippen molar-refractivity contribution in [3.63, 3.8) is 0 Å². The second-order valence-corrected chi connectivity index (χ2v) is 11.0. The molecule has 0 radical (unpaired) electrons. The van der Waals surface area contributed by atoms with Crippen molar-refractivity contribution in [3.05, 3.63) is 77.6 Å². The van der Waals surface area contributed by atoms with Crippen LogP contribution in [-0.4, -0.2) is 86.7 Å². The quantitative estimate of drug-likeness (QED) is 0.330. The summed E-state index contributed by atoms with van der Waals surface area (Å²) in [6.07, 6.45) is 1.72. The van der Waals surface area contributed by atoms with Gasteiger partial charge in [0, 0.05) is 19.5 Å². The molecule has 0 spiro atoms. The second-order valence-electron chi connectivity index (χ2n) is 11.0. The molecule has 2 amide bonds. The standard InChI is InChI=1S/C32H40FN3O6/c1-22(17-25(33)20-36-13-15-41-16-14-36)30(38)35-28(19-24-9-11-26(40-3)12-10-24)31(39)34-27(29(37)32(2)21-42-32)18-23-7-5-4-6-8-23/h4-12,17,22,27-28H,13-16,18-21H2,1-3H3,(H,34,39)(H,35,38). The average molecular weight is 582 g/mol. The molecule has 2 aromatic carbocycles. The number of nitrogens with zero attached hydrogens (tertiary/aromatic N) is 1. The molecule has 2 aliphatic heterocycles. The SMILES string of the molecule is COc1ccc(CC(NC(=O)C(C)C=C(F)CN2CCOCC2)C(=O)NC(Cc2ccccc2)C(=O)C2(C)CO2)cc1. The summed E-state index contributed by atoms with van der Waals surface area (Å²) < 4.78 is 30.7. The van der Waals surface area contributed by atoms with Crippen molar-refractivity contribution in [2.75, 3.05) is 46.6 Å². The van der Waals surface area contributed by atoms with Crippen LogP contribution in [0.4, 0.5) is 4.39 Å². The van der Waals surface area contributed by atoms with Gasteiger partial charge in [0.05, 0.1) is 45.4 Å². The van der Waals surface area contributed by atoms with E-state index in [1.807, 2.05) is 47.4 Å². The number of ketones is 1. The molecule has 4 atom stereocenters. The summed E-state index contributed by atoms with van der Waals surface area (Å²) in [4.78, 5) is 42.2. The van der Waals surface area contributed by atoms with Crippen molar-refractivity contribution in [2.24, 2.45) is 5.92 Å². The van der Waals surface area contributed by atoms with E-state index in [4.69, 9.17) is 14.2 Å². The maximum Gasteiger partial charge on any atom is 0.243 e. The number of halogens is 1. The van der Waals surface area contributed by atoms with Crippen LogP contribution in [0.2, 0.25) is 0 Å². The van der Waals surface area contributed by atoms with E-state index in [1.54, 1.807) is 33.1 Å². The molecule has 10 heteroatoms. The Morgan fingerprint density at radius 2 is 1.57 bits per heavy atom. The highest BCUT2D eigenvalue weighted by Crippen LogP contribution is 2.29. The van der Waals surface area contributed by atoms with Crippen LogP contribution < -0.4 is 15.4 Å². The molecular formula is C32H40FN3O6. The van der Waals surface area contributed by atoms with Crippen molar-refractivity contribution >= 4 is 17.6 Å². The summed E-state index contributed by atoms with van der Waals surface area (Å²) in [5, 5.41) is 5.67. The molecule has 2 N–H and O–H groups in total. The summed E-state index contributed by atoms with van der Waals surface area (Å²) in [6, 6.07) is 14.7. The number of amides is 2. The fraction of sp³-hybridized carbons (Fsp3) is 0.469. The highest BCUT2D eigenvalue weighted by molar-refractivity contribution is 5.98. The lowest BCUT2D eigenvalue weighted by atomic mass is 9.94. The van der Waals surface area contributed by atoms with Crippen LogP contribution in [0.5, 0.6) is 5.75 Å². The van der Waals surface area contributed by atoms with Crippen LogP contribution in [0.1, 0.15) is 25.0 Å². The first-order valence-electron chi connectivity index (χ1n) is 14.3. The molecule has 0 saturated carbocycles. The smallest absolute Gasteiger partial charge is 0.243 e. The molecule has 9 nitrogen and oxygen atoms in total. The highest BCUT2D eigenvalue weighted by atomic mass is 19.1. The molecule has 226 valence electrons. The summed E-state index contributed by atoms with van der Waals surface area (Å²) in [5.74, 6) is -1.81. The van der Waals surface area contributed by atoms with Crippen LogP contribution >= 0.6 is 0 Å². The number of morpholine rings is 1. The number of hydrogen-bond acceptors (Lipinski definition) is 7. The minimum absolute atomic E-state index is 0.0981. The number of rotatable bonds is 14. The number of hydrogen-bond donors (Lipinski definition) is 2. The van der Waals surface area contributed by atoms with E-state index in [2.05, 4.69) is 10.6 Å². The Bertz CT molecular complexity index is 1240. The summed E-state index contributed by atoms with van der Waals surface area (Å²) >= 11 is 0. The van der Waals surface area contributed by atoms with Crippen LogP contribution in [0, 0.1) is 5.92 Å². The Balaban J connectivity index is 1.49. The topological polar surface area (TPSA) is 110 Å². The summed E-state index contributed by atoms with van der Waals surface area (Å²) in [5.41, 5.74) is 0.714. The van der Waals surface area contributed by atoms with Crippen LogP contribution in [-0.2, 0) is 36.7 Å². The van der Waals surface area contributed by atoms with Gasteiger partial charge in [-0.25, -0.2) is 4.39 Å². The van der Waals surface area contributed by atoms with E-state index >= 15 is 0 Å². The van der Waals surface area contributed by atoms with E-state index < -0.39 is 41.2 Å². The van der Waals surface area contributed by atoms with Gasteiger partial charge in [0.2, 0.25) is 11.8 Å². The molecule has 42 heavy (non-hydrogen) atoms. The summed E-state index contributed by atoms with van der Waals surface area (Å²) in [6.45, 7) is 6.02. The molecule has 0 bridgehead atoms. The van der Waals surface area contributed by atoms with Gasteiger partial charge < -0.3 is 24.8 Å². The van der Waals surface area contributed by atoms with Crippen molar-refractivity contribution in [1.29, 1.82) is 0 Å². The average Bonchev–Trinajstić information content (AvgIpc) is 3.75. The number of methoxy groups -OCH3 is 1. The number of carbonyl (C=O) groups is 3. The van der Waals surface area contributed by atoms with Gasteiger partial charge in [0.15, 0.2) is 5.78 Å². The lowest BCUT2D eigenvalue weighted by molar-refractivity contribution is -0.133. The van der Waals surface area contributed by atoms with E-state index in [0.717, 1.165) is 11.1 Å². The molecule has 2 saturated heterocycles. The van der Waals surface area contributed by atoms with Crippen LogP contribution in [0.3, 0.4) is 0 Å². The van der Waals surface area contributed by atoms with Crippen molar-refractivity contribution in [3.8, 4) is 5.75 Å². The summed E-state index contributed by atoms with van der Waals surface area (Å²) in [7, 11) is 1.56. The predicted octanol–water partition coefficient (Wildman–Crippen LogP) is 2.63. The zero-order valence-electron chi connectivity index (χ0n) is 24.4. The first-order valence-corrected chi connectivity index (χ1v) is 14.3. The lowest BCUT2D eigenvalue weighted by Crippen LogP contribution is -2.55. The third-order valence-electron chi connectivity index (χ3n) is 7.57. The van der Waals surface area contributed by atoms with E-state index in [1.165, 1.54) is 6.08 Å². The Hall–Kier alpha value is -3.60. The number of carbonyl (C=O) groups excluding carboxylic acids is 3. The Morgan fingerprint density at radius 1 is 0.976 bits per heavy atom.